The average molecular weight is 263 g/mol. The number of hydrogen-bond donors (Lipinski definition) is 2. The van der Waals surface area contributed by atoms with E-state index in [0.717, 1.165) is 6.54 Å². The molecule has 106 valence electrons. The van der Waals surface area contributed by atoms with E-state index < -0.39 is 11.4 Å². The molecule has 0 spiro atoms. The standard InChI is InChI=1S/C16H25NO2/c1-4-16(5-2,15(18)19)12-17-11-13(3)14-9-7-6-8-10-14/h6-10,13,17H,4-5,11-12H2,1-3H3,(H,18,19). The minimum atomic E-state index is -0.697. The summed E-state index contributed by atoms with van der Waals surface area (Å²) in [5.74, 6) is -0.307. The van der Waals surface area contributed by atoms with Crippen LogP contribution < -0.4 is 5.32 Å². The molecule has 3 heteroatoms. The quantitative estimate of drug-likeness (QED) is 0.757. The first-order valence-electron chi connectivity index (χ1n) is 7.04. The van der Waals surface area contributed by atoms with Gasteiger partial charge in [0.1, 0.15) is 0 Å². The second kappa shape index (κ2) is 7.29. The maximum absolute atomic E-state index is 11.4. The maximum atomic E-state index is 11.4. The molecule has 0 radical (unpaired) electrons. The van der Waals surface area contributed by atoms with Crippen molar-refractivity contribution in [2.75, 3.05) is 13.1 Å². The summed E-state index contributed by atoms with van der Waals surface area (Å²) in [7, 11) is 0. The van der Waals surface area contributed by atoms with Gasteiger partial charge in [-0.15, -0.1) is 0 Å². The second-order valence-electron chi connectivity index (χ2n) is 5.24. The lowest BCUT2D eigenvalue weighted by molar-refractivity contribution is -0.149. The second-order valence-corrected chi connectivity index (χ2v) is 5.24. The summed E-state index contributed by atoms with van der Waals surface area (Å²) in [5, 5.41) is 12.7. The van der Waals surface area contributed by atoms with Crippen LogP contribution in [0.2, 0.25) is 0 Å². The SMILES string of the molecule is CCC(CC)(CNCC(C)c1ccccc1)C(=O)O. The Labute approximate surface area is 116 Å². The predicted molar refractivity (Wildman–Crippen MR) is 78.4 cm³/mol. The van der Waals surface area contributed by atoms with E-state index >= 15 is 0 Å². The number of carboxylic acid groups (broad SMARTS) is 1. The molecule has 0 amide bonds. The van der Waals surface area contributed by atoms with Crippen molar-refractivity contribution in [3.8, 4) is 0 Å². The number of benzene rings is 1. The van der Waals surface area contributed by atoms with Gasteiger partial charge in [0, 0.05) is 13.1 Å². The molecule has 1 rings (SSSR count). The zero-order valence-electron chi connectivity index (χ0n) is 12.1. The van der Waals surface area contributed by atoms with E-state index in [9.17, 15) is 9.90 Å². The summed E-state index contributed by atoms with van der Waals surface area (Å²) >= 11 is 0. The highest BCUT2D eigenvalue weighted by molar-refractivity contribution is 5.74. The Morgan fingerprint density at radius 1 is 1.26 bits per heavy atom. The third kappa shape index (κ3) is 4.06. The van der Waals surface area contributed by atoms with Crippen LogP contribution in [0.4, 0.5) is 0 Å². The van der Waals surface area contributed by atoms with Gasteiger partial charge < -0.3 is 10.4 Å². The Morgan fingerprint density at radius 2 is 1.84 bits per heavy atom. The normalized spacial score (nSPS) is 13.2. The highest BCUT2D eigenvalue weighted by Crippen LogP contribution is 2.26. The van der Waals surface area contributed by atoms with Gasteiger partial charge in [-0.1, -0.05) is 51.1 Å². The van der Waals surface area contributed by atoms with Crippen LogP contribution in [-0.4, -0.2) is 24.2 Å². The fourth-order valence-corrected chi connectivity index (χ4v) is 2.31. The van der Waals surface area contributed by atoms with Gasteiger partial charge in [-0.25, -0.2) is 0 Å². The lowest BCUT2D eigenvalue weighted by Crippen LogP contribution is -2.41. The van der Waals surface area contributed by atoms with Crippen LogP contribution in [0.3, 0.4) is 0 Å². The molecule has 1 aromatic rings. The van der Waals surface area contributed by atoms with Crippen LogP contribution in [0.25, 0.3) is 0 Å². The van der Waals surface area contributed by atoms with E-state index in [2.05, 4.69) is 24.4 Å². The van der Waals surface area contributed by atoms with Crippen LogP contribution in [0.15, 0.2) is 30.3 Å². The Hall–Kier alpha value is -1.35. The zero-order chi connectivity index (χ0) is 14.3. The van der Waals surface area contributed by atoms with Crippen molar-refractivity contribution >= 4 is 5.97 Å². The van der Waals surface area contributed by atoms with E-state index in [4.69, 9.17) is 0 Å². The molecule has 0 fully saturated rings. The number of rotatable bonds is 8. The molecule has 19 heavy (non-hydrogen) atoms. The molecule has 0 saturated carbocycles. The summed E-state index contributed by atoms with van der Waals surface area (Å²) in [6.07, 6.45) is 1.32. The van der Waals surface area contributed by atoms with Crippen molar-refractivity contribution in [1.82, 2.24) is 5.32 Å². The van der Waals surface area contributed by atoms with E-state index in [-0.39, 0.29) is 0 Å². The van der Waals surface area contributed by atoms with Gasteiger partial charge in [-0.3, -0.25) is 4.79 Å². The molecule has 0 saturated heterocycles. The molecule has 1 aromatic carbocycles. The summed E-state index contributed by atoms with van der Waals surface area (Å²) in [6.45, 7) is 7.38. The summed E-state index contributed by atoms with van der Waals surface area (Å²) in [6, 6.07) is 10.3. The summed E-state index contributed by atoms with van der Waals surface area (Å²) in [5.41, 5.74) is 0.653. The highest BCUT2D eigenvalue weighted by Gasteiger charge is 2.34. The first kappa shape index (κ1) is 15.7. The van der Waals surface area contributed by atoms with E-state index in [0.29, 0.717) is 25.3 Å². The van der Waals surface area contributed by atoms with Crippen LogP contribution >= 0.6 is 0 Å². The maximum Gasteiger partial charge on any atom is 0.310 e. The van der Waals surface area contributed by atoms with E-state index in [1.54, 1.807) is 0 Å². The zero-order valence-corrected chi connectivity index (χ0v) is 12.1. The first-order chi connectivity index (χ1) is 9.05. The van der Waals surface area contributed by atoms with Gasteiger partial charge >= 0.3 is 5.97 Å². The van der Waals surface area contributed by atoms with Crippen LogP contribution in [0.1, 0.15) is 45.1 Å². The minimum Gasteiger partial charge on any atom is -0.481 e. The molecule has 0 aliphatic rings. The van der Waals surface area contributed by atoms with Crippen molar-refractivity contribution in [3.05, 3.63) is 35.9 Å². The third-order valence-electron chi connectivity index (χ3n) is 4.09. The van der Waals surface area contributed by atoms with Crippen molar-refractivity contribution in [3.63, 3.8) is 0 Å². The first-order valence-corrected chi connectivity index (χ1v) is 7.04. The van der Waals surface area contributed by atoms with E-state index in [1.165, 1.54) is 5.56 Å². The molecule has 0 aromatic heterocycles. The number of carboxylic acids is 1. The molecule has 0 aliphatic heterocycles. The molecule has 1 unspecified atom stereocenters. The molecule has 0 aliphatic carbocycles. The third-order valence-corrected chi connectivity index (χ3v) is 4.09. The van der Waals surface area contributed by atoms with Gasteiger partial charge in [0.25, 0.3) is 0 Å². The number of hydrogen-bond acceptors (Lipinski definition) is 2. The molecular formula is C16H25NO2. The number of nitrogens with one attached hydrogen (secondary N) is 1. The van der Waals surface area contributed by atoms with Crippen LogP contribution in [0, 0.1) is 5.41 Å². The van der Waals surface area contributed by atoms with Gasteiger partial charge in [-0.2, -0.15) is 0 Å². The predicted octanol–water partition coefficient (Wildman–Crippen LogP) is 3.27. The van der Waals surface area contributed by atoms with Crippen LogP contribution in [-0.2, 0) is 4.79 Å². The van der Waals surface area contributed by atoms with Gasteiger partial charge in [0.05, 0.1) is 5.41 Å². The van der Waals surface area contributed by atoms with Crippen molar-refractivity contribution < 1.29 is 9.90 Å². The summed E-state index contributed by atoms with van der Waals surface area (Å²) in [4.78, 5) is 11.4. The summed E-state index contributed by atoms with van der Waals surface area (Å²) < 4.78 is 0. The molecule has 2 N–H and O–H groups in total. The van der Waals surface area contributed by atoms with Crippen molar-refractivity contribution in [2.24, 2.45) is 5.41 Å². The van der Waals surface area contributed by atoms with Crippen molar-refractivity contribution in [2.45, 2.75) is 39.5 Å². The number of carbonyl (C=O) groups is 1. The molecule has 3 nitrogen and oxygen atoms in total. The smallest absolute Gasteiger partial charge is 0.310 e. The molecule has 1 atom stereocenters. The molecule has 0 bridgehead atoms. The Morgan fingerprint density at radius 3 is 2.32 bits per heavy atom. The number of aliphatic carboxylic acids is 1. The lowest BCUT2D eigenvalue weighted by Gasteiger charge is -2.27. The Balaban J connectivity index is 2.51. The van der Waals surface area contributed by atoms with E-state index in [1.807, 2.05) is 32.0 Å². The monoisotopic (exact) mass is 263 g/mol. The lowest BCUT2D eigenvalue weighted by atomic mass is 9.82. The van der Waals surface area contributed by atoms with Gasteiger partial charge in [0.2, 0.25) is 0 Å². The fourth-order valence-electron chi connectivity index (χ4n) is 2.31. The van der Waals surface area contributed by atoms with Gasteiger partial charge in [-0.05, 0) is 24.3 Å². The minimum absolute atomic E-state index is 0.390. The molecular weight excluding hydrogens is 238 g/mol. The average Bonchev–Trinajstić information content (AvgIpc) is 2.44. The van der Waals surface area contributed by atoms with Crippen LogP contribution in [0.5, 0.6) is 0 Å². The van der Waals surface area contributed by atoms with Crippen molar-refractivity contribution in [1.29, 1.82) is 0 Å². The Bertz CT molecular complexity index is 385. The topological polar surface area (TPSA) is 49.3 Å². The fraction of sp³-hybridized carbons (Fsp3) is 0.562. The largest absolute Gasteiger partial charge is 0.481 e. The molecule has 0 heterocycles. The Kier molecular flexibility index (Phi) is 6.03. The highest BCUT2D eigenvalue weighted by atomic mass is 16.4. The van der Waals surface area contributed by atoms with Gasteiger partial charge in [0.15, 0.2) is 0 Å².